The van der Waals surface area contributed by atoms with Crippen LogP contribution in [-0.2, 0) is 9.47 Å². The van der Waals surface area contributed by atoms with Crippen LogP contribution in [0, 0.1) is 17.8 Å². The summed E-state index contributed by atoms with van der Waals surface area (Å²) in [5.74, 6) is 1.51. The summed E-state index contributed by atoms with van der Waals surface area (Å²) in [5.41, 5.74) is -0.466. The Hall–Kier alpha value is -0.770. The van der Waals surface area contributed by atoms with Gasteiger partial charge in [0.15, 0.2) is 0 Å². The Labute approximate surface area is 122 Å². The molecule has 4 heteroatoms. The first-order chi connectivity index (χ1) is 9.11. The molecule has 0 aromatic heterocycles. The molecule has 0 aliphatic carbocycles. The first-order valence-corrected chi connectivity index (χ1v) is 7.72. The largest absolute Gasteiger partial charge is 0.444 e. The van der Waals surface area contributed by atoms with E-state index in [2.05, 4.69) is 20.8 Å². The molecule has 2 rings (SSSR count). The Morgan fingerprint density at radius 1 is 1.25 bits per heavy atom. The molecule has 0 spiro atoms. The van der Waals surface area contributed by atoms with Crippen molar-refractivity contribution in [3.63, 3.8) is 0 Å². The molecule has 20 heavy (non-hydrogen) atoms. The molecule has 2 unspecified atom stereocenters. The lowest BCUT2D eigenvalue weighted by atomic mass is 9.83. The van der Waals surface area contributed by atoms with Gasteiger partial charge in [-0.3, -0.25) is 0 Å². The van der Waals surface area contributed by atoms with Crippen molar-refractivity contribution in [1.29, 1.82) is 0 Å². The summed E-state index contributed by atoms with van der Waals surface area (Å²) in [6, 6.07) is 0. The van der Waals surface area contributed by atoms with Crippen LogP contribution in [0.2, 0.25) is 0 Å². The van der Waals surface area contributed by atoms with Crippen LogP contribution in [-0.4, -0.2) is 41.9 Å². The van der Waals surface area contributed by atoms with Gasteiger partial charge in [0.05, 0.1) is 12.2 Å². The smallest absolute Gasteiger partial charge is 0.410 e. The molecule has 4 nitrogen and oxygen atoms in total. The normalized spacial score (nSPS) is 38.3. The van der Waals surface area contributed by atoms with Crippen LogP contribution in [0.25, 0.3) is 0 Å². The molecule has 2 fully saturated rings. The van der Waals surface area contributed by atoms with E-state index >= 15 is 0 Å². The maximum absolute atomic E-state index is 12.4. The third-order valence-corrected chi connectivity index (χ3v) is 4.69. The number of hydrogen-bond donors (Lipinski definition) is 0. The second-order valence-electron chi connectivity index (χ2n) is 7.87. The number of epoxide rings is 1. The molecule has 2 aliphatic rings. The summed E-state index contributed by atoms with van der Waals surface area (Å²) in [6.07, 6.45) is 0.935. The predicted octanol–water partition coefficient (Wildman–Crippen LogP) is 3.30. The number of amides is 1. The van der Waals surface area contributed by atoms with Crippen LogP contribution in [0.3, 0.4) is 0 Å². The lowest BCUT2D eigenvalue weighted by Crippen LogP contribution is -2.42. The molecule has 0 radical (unpaired) electrons. The van der Waals surface area contributed by atoms with Crippen molar-refractivity contribution in [2.45, 2.75) is 59.2 Å². The highest BCUT2D eigenvalue weighted by atomic mass is 16.6. The third-order valence-electron chi connectivity index (χ3n) is 4.69. The summed E-state index contributed by atoms with van der Waals surface area (Å²) >= 11 is 0. The van der Waals surface area contributed by atoms with Gasteiger partial charge in [-0.05, 0) is 46.0 Å². The van der Waals surface area contributed by atoms with Crippen LogP contribution < -0.4 is 0 Å². The molecule has 0 aromatic rings. The highest BCUT2D eigenvalue weighted by molar-refractivity contribution is 5.68. The van der Waals surface area contributed by atoms with Crippen LogP contribution in [0.4, 0.5) is 4.79 Å². The summed E-state index contributed by atoms with van der Waals surface area (Å²) < 4.78 is 11.2. The van der Waals surface area contributed by atoms with Gasteiger partial charge in [-0.1, -0.05) is 13.8 Å². The average molecular weight is 283 g/mol. The minimum atomic E-state index is -0.437. The quantitative estimate of drug-likeness (QED) is 0.693. The molecule has 0 N–H and O–H groups in total. The molecule has 1 amide bonds. The van der Waals surface area contributed by atoms with Crippen molar-refractivity contribution >= 4 is 6.09 Å². The Balaban J connectivity index is 2.09. The maximum atomic E-state index is 12.4. The number of nitrogens with zero attached hydrogens (tertiary/aromatic N) is 1. The van der Waals surface area contributed by atoms with E-state index in [0.717, 1.165) is 26.1 Å². The highest BCUT2D eigenvalue weighted by Crippen LogP contribution is 2.41. The molecule has 0 aromatic carbocycles. The monoisotopic (exact) mass is 283 g/mol. The van der Waals surface area contributed by atoms with Crippen molar-refractivity contribution in [2.24, 2.45) is 17.8 Å². The van der Waals surface area contributed by atoms with Crippen molar-refractivity contribution in [3.8, 4) is 0 Å². The summed E-state index contributed by atoms with van der Waals surface area (Å²) in [4.78, 5) is 14.3. The Bertz CT molecular complexity index is 370. The van der Waals surface area contributed by atoms with Gasteiger partial charge >= 0.3 is 6.09 Å². The number of carbonyl (C=O) groups is 1. The van der Waals surface area contributed by atoms with Gasteiger partial charge in [0.25, 0.3) is 0 Å². The minimum Gasteiger partial charge on any atom is -0.444 e. The predicted molar refractivity (Wildman–Crippen MR) is 78.6 cm³/mol. The van der Waals surface area contributed by atoms with Gasteiger partial charge in [0.1, 0.15) is 5.60 Å². The summed E-state index contributed by atoms with van der Waals surface area (Å²) in [6.45, 7) is 14.8. The van der Waals surface area contributed by atoms with Gasteiger partial charge in [-0.25, -0.2) is 4.79 Å². The lowest BCUT2D eigenvalue weighted by molar-refractivity contribution is 0.0195. The summed E-state index contributed by atoms with van der Waals surface area (Å²) in [5, 5.41) is 0. The number of ether oxygens (including phenoxy) is 2. The topological polar surface area (TPSA) is 42.1 Å². The average Bonchev–Trinajstić information content (AvgIpc) is 3.04. The minimum absolute atomic E-state index is 0.0292. The van der Waals surface area contributed by atoms with E-state index in [9.17, 15) is 4.79 Å². The zero-order chi connectivity index (χ0) is 15.1. The van der Waals surface area contributed by atoms with E-state index in [0.29, 0.717) is 17.8 Å². The zero-order valence-corrected chi connectivity index (χ0v) is 13.7. The fourth-order valence-electron chi connectivity index (χ4n) is 2.89. The van der Waals surface area contributed by atoms with E-state index < -0.39 is 5.60 Å². The molecule has 2 saturated heterocycles. The fourth-order valence-corrected chi connectivity index (χ4v) is 2.89. The molecular formula is C16H29NO3. The van der Waals surface area contributed by atoms with Crippen LogP contribution in [0.5, 0.6) is 0 Å². The van der Waals surface area contributed by atoms with Crippen LogP contribution >= 0.6 is 0 Å². The lowest BCUT2D eigenvalue weighted by Gasteiger charge is -2.30. The Morgan fingerprint density at radius 2 is 1.85 bits per heavy atom. The molecule has 2 heterocycles. The third kappa shape index (κ3) is 3.66. The van der Waals surface area contributed by atoms with E-state index in [1.807, 2.05) is 25.7 Å². The molecule has 0 saturated carbocycles. The molecule has 116 valence electrons. The first kappa shape index (κ1) is 15.6. The second-order valence-corrected chi connectivity index (χ2v) is 7.87. The fraction of sp³-hybridized carbons (Fsp3) is 0.938. The van der Waals surface area contributed by atoms with Crippen molar-refractivity contribution < 1.29 is 14.3 Å². The zero-order valence-electron chi connectivity index (χ0n) is 13.7. The van der Waals surface area contributed by atoms with Gasteiger partial charge in [0, 0.05) is 19.0 Å². The van der Waals surface area contributed by atoms with Crippen LogP contribution in [0.15, 0.2) is 0 Å². The maximum Gasteiger partial charge on any atom is 0.410 e. The second kappa shape index (κ2) is 5.21. The van der Waals surface area contributed by atoms with E-state index in [-0.39, 0.29) is 11.7 Å². The van der Waals surface area contributed by atoms with Crippen LogP contribution in [0.1, 0.15) is 48.0 Å². The number of rotatable bonds is 1. The Kier molecular flexibility index (Phi) is 4.07. The Morgan fingerprint density at radius 3 is 2.35 bits per heavy atom. The van der Waals surface area contributed by atoms with Gasteiger partial charge < -0.3 is 14.4 Å². The molecule has 0 bridgehead atoms. The number of likely N-dealkylation sites (tertiary alicyclic amines) is 1. The molecular weight excluding hydrogens is 254 g/mol. The molecule has 4 atom stereocenters. The van der Waals surface area contributed by atoms with Gasteiger partial charge in [-0.2, -0.15) is 0 Å². The SMILES string of the molecule is CC1CN(C(=O)OC(C)(C)C)C[C@@H](C2(C)CO2)C[C@@H]1C. The van der Waals surface area contributed by atoms with Gasteiger partial charge in [0.2, 0.25) is 0 Å². The number of carbonyl (C=O) groups excluding carboxylic acids is 1. The standard InChI is InChI=1S/C16H29NO3/c1-11-7-13(16(6)10-19-16)9-17(8-12(11)2)14(18)20-15(3,4)5/h11-13H,7-10H2,1-6H3/t11-,12?,13-,16?/m0/s1. The first-order valence-electron chi connectivity index (χ1n) is 7.72. The van der Waals surface area contributed by atoms with Crippen molar-refractivity contribution in [3.05, 3.63) is 0 Å². The van der Waals surface area contributed by atoms with E-state index in [1.54, 1.807) is 0 Å². The van der Waals surface area contributed by atoms with Crippen molar-refractivity contribution in [1.82, 2.24) is 4.90 Å². The van der Waals surface area contributed by atoms with E-state index in [1.165, 1.54) is 0 Å². The number of hydrogen-bond acceptors (Lipinski definition) is 3. The van der Waals surface area contributed by atoms with Crippen molar-refractivity contribution in [2.75, 3.05) is 19.7 Å². The molecule has 2 aliphatic heterocycles. The highest BCUT2D eigenvalue weighted by Gasteiger charge is 2.49. The van der Waals surface area contributed by atoms with E-state index in [4.69, 9.17) is 9.47 Å². The van der Waals surface area contributed by atoms with Gasteiger partial charge in [-0.15, -0.1) is 0 Å². The summed E-state index contributed by atoms with van der Waals surface area (Å²) in [7, 11) is 0.